The van der Waals surface area contributed by atoms with Gasteiger partial charge in [-0.15, -0.1) is 0 Å². The second kappa shape index (κ2) is 12.8. The standard InChI is InChI=1S/C28H30F7N5O3/c29-21-6-4-17(5-7-21)15-38-16-23-39(10-8-24(41)40(23)22(25(38)42)3-1-2-9-36)26(43)37-14-18-11-19(27(30,31)32)13-20(12-18)28(33,34)35/h4-7,11-13,22-23H,1-3,8-10,14-16,36H2,(H,37,43)/t22-,23+/m0/s1. The quantitative estimate of drug-likeness (QED) is 0.338. The summed E-state index contributed by atoms with van der Waals surface area (Å²) in [6, 6.07) is 4.76. The van der Waals surface area contributed by atoms with Crippen LogP contribution in [0.3, 0.4) is 0 Å². The Kier molecular flexibility index (Phi) is 9.52. The summed E-state index contributed by atoms with van der Waals surface area (Å²) in [6.45, 7) is -0.426. The monoisotopic (exact) mass is 617 g/mol. The molecule has 2 aromatic carbocycles. The molecule has 2 heterocycles. The van der Waals surface area contributed by atoms with Gasteiger partial charge in [0.05, 0.1) is 17.7 Å². The lowest BCUT2D eigenvalue weighted by Gasteiger charge is -2.52. The van der Waals surface area contributed by atoms with Gasteiger partial charge in [0.1, 0.15) is 18.0 Å². The van der Waals surface area contributed by atoms with Crippen molar-refractivity contribution in [2.75, 3.05) is 19.6 Å². The summed E-state index contributed by atoms with van der Waals surface area (Å²) in [7, 11) is 0. The van der Waals surface area contributed by atoms with E-state index in [1.165, 1.54) is 39.0 Å². The number of halogens is 7. The number of fused-ring (bicyclic) bond motifs is 1. The van der Waals surface area contributed by atoms with E-state index in [-0.39, 0.29) is 50.4 Å². The summed E-state index contributed by atoms with van der Waals surface area (Å²) in [6.07, 6.45) is -9.82. The van der Waals surface area contributed by atoms with Gasteiger partial charge in [-0.2, -0.15) is 26.3 Å². The fraction of sp³-hybridized carbons (Fsp3) is 0.464. The Morgan fingerprint density at radius 3 is 2.14 bits per heavy atom. The number of carbonyl (C=O) groups excluding carboxylic acids is 3. The minimum absolute atomic E-state index is 0.000993. The molecule has 3 N–H and O–H groups in total. The maximum atomic E-state index is 13.5. The van der Waals surface area contributed by atoms with Crippen molar-refractivity contribution in [3.63, 3.8) is 0 Å². The largest absolute Gasteiger partial charge is 0.416 e. The van der Waals surface area contributed by atoms with E-state index >= 15 is 0 Å². The molecular weight excluding hydrogens is 587 g/mol. The van der Waals surface area contributed by atoms with Crippen molar-refractivity contribution in [1.29, 1.82) is 0 Å². The van der Waals surface area contributed by atoms with Gasteiger partial charge in [-0.05, 0) is 67.3 Å². The highest BCUT2D eigenvalue weighted by atomic mass is 19.4. The topological polar surface area (TPSA) is 99.0 Å². The summed E-state index contributed by atoms with van der Waals surface area (Å²) in [4.78, 5) is 43.9. The number of hydrogen-bond acceptors (Lipinski definition) is 4. The summed E-state index contributed by atoms with van der Waals surface area (Å²) in [5.41, 5.74) is 2.76. The van der Waals surface area contributed by atoms with Gasteiger partial charge in [0.2, 0.25) is 11.8 Å². The lowest BCUT2D eigenvalue weighted by atomic mass is 9.98. The number of nitrogens with one attached hydrogen (secondary N) is 1. The first kappa shape index (κ1) is 32.0. The van der Waals surface area contributed by atoms with Crippen LogP contribution in [0.4, 0.5) is 35.5 Å². The molecular formula is C28H30F7N5O3. The number of unbranched alkanes of at least 4 members (excludes halogenated alkanes) is 1. The second-order valence-electron chi connectivity index (χ2n) is 10.4. The van der Waals surface area contributed by atoms with Crippen molar-refractivity contribution in [2.24, 2.45) is 5.73 Å². The zero-order valence-electron chi connectivity index (χ0n) is 22.8. The Labute approximate surface area is 242 Å². The SMILES string of the molecule is NCCCC[C@H]1C(=O)N(Cc2ccc(F)cc2)C[C@@H]2N(C(=O)NCc3cc(C(F)(F)F)cc(C(F)(F)F)c3)CCC(=O)N21. The summed E-state index contributed by atoms with van der Waals surface area (Å²) < 4.78 is 93.1. The molecule has 2 fully saturated rings. The number of amides is 4. The molecule has 234 valence electrons. The van der Waals surface area contributed by atoms with Crippen molar-refractivity contribution in [1.82, 2.24) is 20.0 Å². The fourth-order valence-electron chi connectivity index (χ4n) is 5.33. The van der Waals surface area contributed by atoms with Crippen LogP contribution in [0.15, 0.2) is 42.5 Å². The molecule has 2 saturated heterocycles. The molecule has 0 aliphatic carbocycles. The Morgan fingerprint density at radius 2 is 1.56 bits per heavy atom. The molecule has 2 atom stereocenters. The molecule has 0 radical (unpaired) electrons. The Balaban J connectivity index is 1.58. The fourth-order valence-corrected chi connectivity index (χ4v) is 5.33. The van der Waals surface area contributed by atoms with Crippen molar-refractivity contribution < 1.29 is 45.1 Å². The molecule has 15 heteroatoms. The van der Waals surface area contributed by atoms with Crippen LogP contribution in [0.25, 0.3) is 0 Å². The molecule has 2 aliphatic heterocycles. The van der Waals surface area contributed by atoms with Gasteiger partial charge in [-0.3, -0.25) is 9.59 Å². The lowest BCUT2D eigenvalue weighted by molar-refractivity contribution is -0.167. The number of hydrogen-bond donors (Lipinski definition) is 2. The van der Waals surface area contributed by atoms with Gasteiger partial charge in [-0.1, -0.05) is 12.1 Å². The highest BCUT2D eigenvalue weighted by molar-refractivity contribution is 5.91. The molecule has 2 aliphatic rings. The molecule has 2 aromatic rings. The smallest absolute Gasteiger partial charge is 0.334 e. The minimum Gasteiger partial charge on any atom is -0.334 e. The van der Waals surface area contributed by atoms with Crippen LogP contribution in [0.2, 0.25) is 0 Å². The summed E-state index contributed by atoms with van der Waals surface area (Å²) in [5.74, 6) is -1.20. The zero-order chi connectivity index (χ0) is 31.5. The maximum absolute atomic E-state index is 13.5. The number of nitrogens with zero attached hydrogens (tertiary/aromatic N) is 3. The average molecular weight is 618 g/mol. The molecule has 0 unspecified atom stereocenters. The van der Waals surface area contributed by atoms with Crippen LogP contribution in [0.5, 0.6) is 0 Å². The van der Waals surface area contributed by atoms with Crippen molar-refractivity contribution in [3.05, 3.63) is 70.5 Å². The number of carbonyl (C=O) groups is 3. The van der Waals surface area contributed by atoms with Crippen LogP contribution >= 0.6 is 0 Å². The number of benzene rings is 2. The van der Waals surface area contributed by atoms with E-state index in [1.54, 1.807) is 0 Å². The van der Waals surface area contributed by atoms with Gasteiger partial charge in [0.25, 0.3) is 0 Å². The molecule has 0 aromatic heterocycles. The lowest BCUT2D eigenvalue weighted by Crippen LogP contribution is -2.71. The third-order valence-electron chi connectivity index (χ3n) is 7.42. The molecule has 8 nitrogen and oxygen atoms in total. The van der Waals surface area contributed by atoms with E-state index < -0.39 is 59.6 Å². The highest BCUT2D eigenvalue weighted by Gasteiger charge is 2.48. The average Bonchev–Trinajstić information content (AvgIpc) is 2.94. The van der Waals surface area contributed by atoms with Crippen molar-refractivity contribution in [2.45, 2.75) is 63.3 Å². The van der Waals surface area contributed by atoms with Crippen LogP contribution in [0, 0.1) is 5.82 Å². The Hall–Kier alpha value is -3.88. The predicted octanol–water partition coefficient (Wildman–Crippen LogP) is 4.47. The maximum Gasteiger partial charge on any atom is 0.416 e. The highest BCUT2D eigenvalue weighted by Crippen LogP contribution is 2.36. The van der Waals surface area contributed by atoms with E-state index in [0.717, 1.165) is 0 Å². The third kappa shape index (κ3) is 7.56. The molecule has 0 spiro atoms. The van der Waals surface area contributed by atoms with Gasteiger partial charge in [0.15, 0.2) is 0 Å². The van der Waals surface area contributed by atoms with Crippen LogP contribution in [0.1, 0.15) is 47.9 Å². The minimum atomic E-state index is -5.05. The summed E-state index contributed by atoms with van der Waals surface area (Å²) in [5, 5.41) is 2.38. The van der Waals surface area contributed by atoms with Gasteiger partial charge in [0, 0.05) is 26.1 Å². The predicted molar refractivity (Wildman–Crippen MR) is 139 cm³/mol. The summed E-state index contributed by atoms with van der Waals surface area (Å²) >= 11 is 0. The molecule has 0 saturated carbocycles. The molecule has 4 rings (SSSR count). The normalized spacial score (nSPS) is 19.5. The zero-order valence-corrected chi connectivity index (χ0v) is 22.8. The first-order valence-corrected chi connectivity index (χ1v) is 13.6. The van der Waals surface area contributed by atoms with Crippen LogP contribution in [-0.4, -0.2) is 64.4 Å². The van der Waals surface area contributed by atoms with E-state index in [2.05, 4.69) is 5.32 Å². The number of alkyl halides is 6. The van der Waals surface area contributed by atoms with Crippen molar-refractivity contribution in [3.8, 4) is 0 Å². The first-order chi connectivity index (χ1) is 20.2. The van der Waals surface area contributed by atoms with E-state index in [9.17, 15) is 45.1 Å². The van der Waals surface area contributed by atoms with Gasteiger partial charge >= 0.3 is 18.4 Å². The Morgan fingerprint density at radius 1 is 0.930 bits per heavy atom. The van der Waals surface area contributed by atoms with Crippen molar-refractivity contribution >= 4 is 17.8 Å². The number of urea groups is 1. The number of rotatable bonds is 8. The van der Waals surface area contributed by atoms with Crippen LogP contribution < -0.4 is 11.1 Å². The number of nitrogens with two attached hydrogens (primary N) is 1. The van der Waals surface area contributed by atoms with Gasteiger partial charge in [-0.25, -0.2) is 9.18 Å². The Bertz CT molecular complexity index is 1300. The molecule has 0 bridgehead atoms. The van der Waals surface area contributed by atoms with Gasteiger partial charge < -0.3 is 25.8 Å². The first-order valence-electron chi connectivity index (χ1n) is 13.6. The molecule has 4 amide bonds. The van der Waals surface area contributed by atoms with E-state index in [1.807, 2.05) is 0 Å². The number of piperazine rings is 1. The van der Waals surface area contributed by atoms with E-state index in [0.29, 0.717) is 37.1 Å². The van der Waals surface area contributed by atoms with Crippen LogP contribution in [-0.2, 0) is 35.0 Å². The second-order valence-corrected chi connectivity index (χ2v) is 10.4. The third-order valence-corrected chi connectivity index (χ3v) is 7.42. The molecule has 43 heavy (non-hydrogen) atoms. The van der Waals surface area contributed by atoms with E-state index in [4.69, 9.17) is 5.73 Å².